The van der Waals surface area contributed by atoms with E-state index in [0.717, 1.165) is 32.4 Å². The summed E-state index contributed by atoms with van der Waals surface area (Å²) in [4.78, 5) is 25.6. The molecule has 8 heteroatoms. The van der Waals surface area contributed by atoms with E-state index in [0.29, 0.717) is 16.8 Å². The van der Waals surface area contributed by atoms with E-state index in [1.54, 1.807) is 10.9 Å². The second-order valence-electron chi connectivity index (χ2n) is 9.46. The molecule has 0 saturated heterocycles. The monoisotopic (exact) mass is 593 g/mol. The topological polar surface area (TPSA) is 93.5 Å². The predicted octanol–water partition coefficient (Wildman–Crippen LogP) is 6.97. The Hall–Kier alpha value is -4.69. The van der Waals surface area contributed by atoms with Crippen LogP contribution in [0.3, 0.4) is 0 Å². The van der Waals surface area contributed by atoms with Crippen LogP contribution in [0.4, 0.5) is 4.79 Å². The molecule has 0 fully saturated rings. The number of amides is 1. The molecule has 0 radical (unpaired) electrons. The number of ether oxygens (including phenoxy) is 1. The molecule has 1 aromatic heterocycles. The zero-order valence-corrected chi connectivity index (χ0v) is 22.8. The molecule has 1 aliphatic rings. The lowest BCUT2D eigenvalue weighted by Crippen LogP contribution is -2.35. The molecule has 40 heavy (non-hydrogen) atoms. The van der Waals surface area contributed by atoms with Crippen LogP contribution < -0.4 is 5.32 Å². The number of carbonyl (C=O) groups excluding carboxylic acids is 1. The van der Waals surface area contributed by atoms with E-state index in [2.05, 4.69) is 33.4 Å². The van der Waals surface area contributed by atoms with Crippen molar-refractivity contribution >= 4 is 28.0 Å². The van der Waals surface area contributed by atoms with Crippen LogP contribution in [-0.2, 0) is 9.53 Å². The second-order valence-corrected chi connectivity index (χ2v) is 10.4. The Kier molecular flexibility index (Phi) is 6.92. The largest absolute Gasteiger partial charge is 0.479 e. The third kappa shape index (κ3) is 4.89. The molecule has 1 amide bonds. The molecular formula is C32H24BrN3O4. The number of nitrogens with zero attached hydrogens (tertiary/aromatic N) is 2. The average molecular weight is 594 g/mol. The van der Waals surface area contributed by atoms with E-state index >= 15 is 0 Å². The molecule has 1 atom stereocenters. The van der Waals surface area contributed by atoms with Gasteiger partial charge >= 0.3 is 12.1 Å². The van der Waals surface area contributed by atoms with Gasteiger partial charge in [0, 0.05) is 27.7 Å². The molecule has 5 aromatic rings. The highest BCUT2D eigenvalue weighted by Gasteiger charge is 2.32. The summed E-state index contributed by atoms with van der Waals surface area (Å²) in [7, 11) is 0. The molecule has 1 unspecified atom stereocenters. The van der Waals surface area contributed by atoms with Gasteiger partial charge in [0.2, 0.25) is 0 Å². The van der Waals surface area contributed by atoms with Crippen molar-refractivity contribution in [3.8, 4) is 28.1 Å². The maximum Gasteiger partial charge on any atom is 0.408 e. The van der Waals surface area contributed by atoms with Gasteiger partial charge in [-0.15, -0.1) is 0 Å². The van der Waals surface area contributed by atoms with Crippen molar-refractivity contribution in [2.45, 2.75) is 12.0 Å². The van der Waals surface area contributed by atoms with Gasteiger partial charge in [-0.3, -0.25) is 0 Å². The fourth-order valence-electron chi connectivity index (χ4n) is 5.20. The number of hydrogen-bond donors (Lipinski definition) is 2. The molecule has 1 heterocycles. The van der Waals surface area contributed by atoms with Gasteiger partial charge in [0.1, 0.15) is 6.61 Å². The van der Waals surface area contributed by atoms with Crippen molar-refractivity contribution in [3.63, 3.8) is 0 Å². The number of rotatable bonds is 7. The van der Waals surface area contributed by atoms with E-state index in [1.165, 1.54) is 0 Å². The molecule has 198 valence electrons. The fraction of sp³-hybridized carbons (Fsp3) is 0.0938. The van der Waals surface area contributed by atoms with Crippen molar-refractivity contribution in [1.29, 1.82) is 0 Å². The van der Waals surface area contributed by atoms with Crippen LogP contribution in [0.2, 0.25) is 0 Å². The number of carboxylic acid groups (broad SMARTS) is 1. The average Bonchev–Trinajstić information content (AvgIpc) is 3.55. The van der Waals surface area contributed by atoms with Gasteiger partial charge in [-0.1, -0.05) is 94.8 Å². The number of alkyl carbamates (subject to hydrolysis) is 1. The Bertz CT molecular complexity index is 1670. The molecule has 4 aromatic carbocycles. The summed E-state index contributed by atoms with van der Waals surface area (Å²) < 4.78 is 8.08. The molecule has 7 nitrogen and oxygen atoms in total. The number of fused-ring (bicyclic) bond motifs is 3. The first-order valence-electron chi connectivity index (χ1n) is 12.7. The smallest absolute Gasteiger partial charge is 0.408 e. The van der Waals surface area contributed by atoms with Crippen molar-refractivity contribution in [2.24, 2.45) is 0 Å². The summed E-state index contributed by atoms with van der Waals surface area (Å²) in [5.41, 5.74) is 6.62. The number of carboxylic acids is 1. The highest BCUT2D eigenvalue weighted by Crippen LogP contribution is 2.44. The van der Waals surface area contributed by atoms with Gasteiger partial charge in [-0.2, -0.15) is 5.10 Å². The fourth-order valence-corrected chi connectivity index (χ4v) is 5.60. The van der Waals surface area contributed by atoms with E-state index in [4.69, 9.17) is 9.84 Å². The lowest BCUT2D eigenvalue weighted by atomic mass is 9.98. The zero-order valence-electron chi connectivity index (χ0n) is 21.2. The number of nitrogens with one attached hydrogen (secondary N) is 1. The first kappa shape index (κ1) is 25.6. The van der Waals surface area contributed by atoms with Crippen molar-refractivity contribution in [2.75, 3.05) is 6.61 Å². The maximum atomic E-state index is 13.1. The van der Waals surface area contributed by atoms with Gasteiger partial charge in [0.15, 0.2) is 6.04 Å². The van der Waals surface area contributed by atoms with E-state index in [-0.39, 0.29) is 12.5 Å². The lowest BCUT2D eigenvalue weighted by molar-refractivity contribution is -0.139. The van der Waals surface area contributed by atoms with Gasteiger partial charge in [-0.05, 0) is 46.5 Å². The first-order chi connectivity index (χ1) is 19.5. The minimum Gasteiger partial charge on any atom is -0.479 e. The van der Waals surface area contributed by atoms with Crippen molar-refractivity contribution in [3.05, 3.63) is 130 Å². The SMILES string of the molecule is O=C(NC(C(=O)O)c1cn(-c2ccccc2)nc1-c1cccc(Br)c1)OCC1c2ccccc2-c2ccccc21. The van der Waals surface area contributed by atoms with Gasteiger partial charge in [-0.25, -0.2) is 14.3 Å². The predicted molar refractivity (Wildman–Crippen MR) is 155 cm³/mol. The number of halogens is 1. The Balaban J connectivity index is 1.28. The third-order valence-electron chi connectivity index (χ3n) is 7.03. The minimum atomic E-state index is -1.39. The van der Waals surface area contributed by atoms with Crippen LogP contribution in [0.25, 0.3) is 28.1 Å². The van der Waals surface area contributed by atoms with Crippen LogP contribution in [0, 0.1) is 0 Å². The number of aliphatic carboxylic acids is 1. The second kappa shape index (κ2) is 10.8. The van der Waals surface area contributed by atoms with E-state index < -0.39 is 18.1 Å². The third-order valence-corrected chi connectivity index (χ3v) is 7.52. The summed E-state index contributed by atoms with van der Waals surface area (Å²) >= 11 is 3.48. The molecule has 0 aliphatic heterocycles. The van der Waals surface area contributed by atoms with Gasteiger partial charge in [0.25, 0.3) is 0 Å². The standard InChI is InChI=1S/C32H24BrN3O4/c33-21-10-8-9-20(17-21)29-27(18-36(35-29)22-11-2-1-3-12-22)30(31(37)38)34-32(39)40-19-28-25-15-6-4-13-23(25)24-14-5-7-16-26(24)28/h1-18,28,30H,19H2,(H,34,39)(H,37,38). The Morgan fingerprint density at radius 1 is 0.900 bits per heavy atom. The molecule has 1 aliphatic carbocycles. The van der Waals surface area contributed by atoms with Crippen LogP contribution in [0.1, 0.15) is 28.7 Å². The zero-order chi connectivity index (χ0) is 27.6. The van der Waals surface area contributed by atoms with Crippen molar-refractivity contribution in [1.82, 2.24) is 15.1 Å². The van der Waals surface area contributed by atoms with Crippen LogP contribution in [0.15, 0.2) is 114 Å². The normalized spacial score (nSPS) is 12.8. The highest BCUT2D eigenvalue weighted by molar-refractivity contribution is 9.10. The molecule has 2 N–H and O–H groups in total. The highest BCUT2D eigenvalue weighted by atomic mass is 79.9. The summed E-state index contributed by atoms with van der Waals surface area (Å²) in [6.07, 6.45) is 0.815. The van der Waals surface area contributed by atoms with Gasteiger partial charge < -0.3 is 15.2 Å². The summed E-state index contributed by atoms with van der Waals surface area (Å²) in [5.74, 6) is -1.36. The maximum absolute atomic E-state index is 13.1. The molecule has 0 bridgehead atoms. The summed E-state index contributed by atoms with van der Waals surface area (Å²) in [5, 5.41) is 17.5. The summed E-state index contributed by atoms with van der Waals surface area (Å²) in [6, 6.07) is 31.5. The number of carbonyl (C=O) groups is 2. The summed E-state index contributed by atoms with van der Waals surface area (Å²) in [6.45, 7) is 0.0773. The molecule has 6 rings (SSSR count). The van der Waals surface area contributed by atoms with Crippen LogP contribution >= 0.6 is 15.9 Å². The number of aromatic nitrogens is 2. The van der Waals surface area contributed by atoms with E-state index in [9.17, 15) is 14.7 Å². The lowest BCUT2D eigenvalue weighted by Gasteiger charge is -2.17. The Labute approximate surface area is 239 Å². The minimum absolute atomic E-state index is 0.0773. The molecule has 0 saturated carbocycles. The Morgan fingerprint density at radius 3 is 2.20 bits per heavy atom. The van der Waals surface area contributed by atoms with Crippen LogP contribution in [0.5, 0.6) is 0 Å². The number of benzene rings is 4. The first-order valence-corrected chi connectivity index (χ1v) is 13.5. The van der Waals surface area contributed by atoms with Gasteiger partial charge in [0.05, 0.1) is 11.4 Å². The van der Waals surface area contributed by atoms with E-state index in [1.807, 2.05) is 91.0 Å². The Morgan fingerprint density at radius 2 is 1.55 bits per heavy atom. The molecule has 0 spiro atoms. The van der Waals surface area contributed by atoms with Crippen molar-refractivity contribution < 1.29 is 19.4 Å². The number of para-hydroxylation sites is 1. The van der Waals surface area contributed by atoms with Crippen LogP contribution in [-0.4, -0.2) is 33.6 Å². The number of hydrogen-bond acceptors (Lipinski definition) is 4. The quantitative estimate of drug-likeness (QED) is 0.212. The molecular weight excluding hydrogens is 570 g/mol.